The number of hydrogen-bond acceptors (Lipinski definition) is 5. The number of ether oxygens (including phenoxy) is 1. The molecule has 0 aliphatic heterocycles. The molecular formula is C17H22FN3O2. The van der Waals surface area contributed by atoms with Crippen molar-refractivity contribution in [2.45, 2.75) is 51.3 Å². The molecule has 0 saturated heterocycles. The molecule has 0 N–H and O–H groups in total. The summed E-state index contributed by atoms with van der Waals surface area (Å²) < 4.78 is 23.6. The fourth-order valence-electron chi connectivity index (χ4n) is 2.96. The van der Waals surface area contributed by atoms with Crippen LogP contribution in [0.4, 0.5) is 4.39 Å². The van der Waals surface area contributed by atoms with E-state index < -0.39 is 0 Å². The highest BCUT2D eigenvalue weighted by Gasteiger charge is 2.20. The van der Waals surface area contributed by atoms with Gasteiger partial charge in [0.15, 0.2) is 6.61 Å². The van der Waals surface area contributed by atoms with Crippen molar-refractivity contribution in [2.24, 2.45) is 0 Å². The van der Waals surface area contributed by atoms with Gasteiger partial charge in [-0.15, -0.1) is 0 Å². The van der Waals surface area contributed by atoms with Gasteiger partial charge in [-0.3, -0.25) is 4.90 Å². The first-order chi connectivity index (χ1) is 11.2. The predicted molar refractivity (Wildman–Crippen MR) is 83.4 cm³/mol. The number of hydrogen-bond donors (Lipinski definition) is 0. The van der Waals surface area contributed by atoms with Gasteiger partial charge >= 0.3 is 0 Å². The Morgan fingerprint density at radius 1 is 1.22 bits per heavy atom. The van der Waals surface area contributed by atoms with Crippen molar-refractivity contribution in [2.75, 3.05) is 7.05 Å². The van der Waals surface area contributed by atoms with E-state index in [1.807, 2.05) is 0 Å². The largest absolute Gasteiger partial charge is 0.485 e. The van der Waals surface area contributed by atoms with Gasteiger partial charge in [0, 0.05) is 6.04 Å². The highest BCUT2D eigenvalue weighted by Crippen LogP contribution is 2.22. The molecular weight excluding hydrogens is 297 g/mol. The Balaban J connectivity index is 1.50. The van der Waals surface area contributed by atoms with Crippen molar-refractivity contribution in [1.82, 2.24) is 15.0 Å². The molecule has 2 aromatic rings. The van der Waals surface area contributed by atoms with Crippen molar-refractivity contribution in [3.05, 3.63) is 41.8 Å². The summed E-state index contributed by atoms with van der Waals surface area (Å²) in [6, 6.07) is 6.47. The molecule has 0 atom stereocenters. The molecule has 0 spiro atoms. The van der Waals surface area contributed by atoms with Crippen molar-refractivity contribution in [1.29, 1.82) is 0 Å². The summed E-state index contributed by atoms with van der Waals surface area (Å²) in [6.07, 6.45) is 6.43. The minimum atomic E-state index is -0.287. The maximum absolute atomic E-state index is 12.8. The number of benzene rings is 1. The molecule has 1 aliphatic carbocycles. The molecule has 124 valence electrons. The number of aromatic nitrogens is 2. The zero-order valence-corrected chi connectivity index (χ0v) is 13.4. The van der Waals surface area contributed by atoms with Crippen LogP contribution in [0.25, 0.3) is 0 Å². The van der Waals surface area contributed by atoms with Crippen LogP contribution in [-0.4, -0.2) is 28.1 Å². The van der Waals surface area contributed by atoms with E-state index in [0.717, 1.165) is 0 Å². The molecule has 1 aliphatic rings. The maximum Gasteiger partial charge on any atom is 0.240 e. The number of halogens is 1. The van der Waals surface area contributed by atoms with E-state index in [1.54, 1.807) is 12.1 Å². The Labute approximate surface area is 135 Å². The van der Waals surface area contributed by atoms with Gasteiger partial charge in [-0.05, 0) is 44.2 Å². The molecule has 5 nitrogen and oxygen atoms in total. The summed E-state index contributed by atoms with van der Waals surface area (Å²) in [5.74, 6) is 1.40. The standard InChI is InChI=1S/C17H22FN3O2/c1-21(14-5-3-2-4-6-14)11-17-19-16(20-23-17)12-22-15-9-7-13(18)8-10-15/h7-10,14H,2-6,11-12H2,1H3. The minimum absolute atomic E-state index is 0.211. The van der Waals surface area contributed by atoms with Gasteiger partial charge in [0.05, 0.1) is 6.54 Å². The van der Waals surface area contributed by atoms with Crippen molar-refractivity contribution in [3.8, 4) is 5.75 Å². The molecule has 3 rings (SSSR count). The average Bonchev–Trinajstić information content (AvgIpc) is 3.02. The highest BCUT2D eigenvalue weighted by atomic mass is 19.1. The van der Waals surface area contributed by atoms with Gasteiger partial charge < -0.3 is 9.26 Å². The van der Waals surface area contributed by atoms with Gasteiger partial charge in [0.1, 0.15) is 11.6 Å². The molecule has 1 heterocycles. The summed E-state index contributed by atoms with van der Waals surface area (Å²) >= 11 is 0. The third-order valence-electron chi connectivity index (χ3n) is 4.27. The molecule has 1 saturated carbocycles. The quantitative estimate of drug-likeness (QED) is 0.815. The monoisotopic (exact) mass is 319 g/mol. The molecule has 1 aromatic heterocycles. The van der Waals surface area contributed by atoms with Gasteiger partial charge in [-0.2, -0.15) is 4.98 Å². The van der Waals surface area contributed by atoms with Gasteiger partial charge in [-0.1, -0.05) is 24.4 Å². The molecule has 0 radical (unpaired) electrons. The van der Waals surface area contributed by atoms with E-state index in [4.69, 9.17) is 9.26 Å². The Hall–Kier alpha value is -1.95. The van der Waals surface area contributed by atoms with Crippen LogP contribution in [0.1, 0.15) is 43.8 Å². The van der Waals surface area contributed by atoms with Crippen LogP contribution in [0.5, 0.6) is 5.75 Å². The van der Waals surface area contributed by atoms with Crippen LogP contribution in [0, 0.1) is 5.82 Å². The summed E-state index contributed by atoms with van der Waals surface area (Å²) in [4.78, 5) is 6.65. The van der Waals surface area contributed by atoms with Gasteiger partial charge in [0.2, 0.25) is 11.7 Å². The second kappa shape index (κ2) is 7.55. The fourth-order valence-corrected chi connectivity index (χ4v) is 2.96. The van der Waals surface area contributed by atoms with Crippen molar-refractivity contribution >= 4 is 0 Å². The Kier molecular flexibility index (Phi) is 5.23. The van der Waals surface area contributed by atoms with Crippen LogP contribution in [-0.2, 0) is 13.2 Å². The summed E-state index contributed by atoms with van der Waals surface area (Å²) in [5, 5.41) is 3.94. The van der Waals surface area contributed by atoms with Gasteiger partial charge in [-0.25, -0.2) is 4.39 Å². The first-order valence-corrected chi connectivity index (χ1v) is 8.11. The topological polar surface area (TPSA) is 51.4 Å². The van der Waals surface area contributed by atoms with Crippen LogP contribution in [0.3, 0.4) is 0 Å². The van der Waals surface area contributed by atoms with E-state index in [9.17, 15) is 4.39 Å². The second-order valence-corrected chi connectivity index (χ2v) is 6.05. The van der Waals surface area contributed by atoms with Crippen LogP contribution in [0.2, 0.25) is 0 Å². The van der Waals surface area contributed by atoms with Crippen LogP contribution in [0.15, 0.2) is 28.8 Å². The van der Waals surface area contributed by atoms with Crippen LogP contribution < -0.4 is 4.74 Å². The molecule has 6 heteroatoms. The molecule has 0 amide bonds. The molecule has 23 heavy (non-hydrogen) atoms. The van der Waals surface area contributed by atoms with Crippen molar-refractivity contribution < 1.29 is 13.7 Å². The van der Waals surface area contributed by atoms with E-state index in [2.05, 4.69) is 22.1 Å². The van der Waals surface area contributed by atoms with Crippen molar-refractivity contribution in [3.63, 3.8) is 0 Å². The van der Waals surface area contributed by atoms with Crippen LogP contribution >= 0.6 is 0 Å². The number of rotatable bonds is 6. The first kappa shape index (κ1) is 15.9. The highest BCUT2D eigenvalue weighted by molar-refractivity contribution is 5.22. The van der Waals surface area contributed by atoms with E-state index in [0.29, 0.717) is 30.1 Å². The lowest BCUT2D eigenvalue weighted by Gasteiger charge is -2.29. The average molecular weight is 319 g/mol. The van der Waals surface area contributed by atoms with E-state index in [1.165, 1.54) is 44.2 Å². The molecule has 0 unspecified atom stereocenters. The zero-order chi connectivity index (χ0) is 16.1. The van der Waals surface area contributed by atoms with Gasteiger partial charge in [0.25, 0.3) is 0 Å². The lowest BCUT2D eigenvalue weighted by Crippen LogP contribution is -2.32. The normalized spacial score (nSPS) is 16.0. The fraction of sp³-hybridized carbons (Fsp3) is 0.529. The Bertz CT molecular complexity index is 609. The smallest absolute Gasteiger partial charge is 0.240 e. The summed E-state index contributed by atoms with van der Waals surface area (Å²) in [5.41, 5.74) is 0. The maximum atomic E-state index is 12.8. The zero-order valence-electron chi connectivity index (χ0n) is 13.4. The summed E-state index contributed by atoms with van der Waals surface area (Å²) in [7, 11) is 2.11. The SMILES string of the molecule is CN(Cc1nc(COc2ccc(F)cc2)no1)C1CCCCC1. The Morgan fingerprint density at radius 3 is 2.70 bits per heavy atom. The molecule has 1 aromatic carbocycles. The predicted octanol–water partition coefficient (Wildman–Crippen LogP) is 3.55. The lowest BCUT2D eigenvalue weighted by molar-refractivity contribution is 0.165. The lowest BCUT2D eigenvalue weighted by atomic mass is 9.94. The third kappa shape index (κ3) is 4.51. The number of nitrogens with zero attached hydrogens (tertiary/aromatic N) is 3. The Morgan fingerprint density at radius 2 is 1.96 bits per heavy atom. The van der Waals surface area contributed by atoms with E-state index >= 15 is 0 Å². The minimum Gasteiger partial charge on any atom is -0.485 e. The first-order valence-electron chi connectivity index (χ1n) is 8.11. The van der Waals surface area contributed by atoms with E-state index in [-0.39, 0.29) is 12.4 Å². The second-order valence-electron chi connectivity index (χ2n) is 6.05. The molecule has 1 fully saturated rings. The third-order valence-corrected chi connectivity index (χ3v) is 4.27. The summed E-state index contributed by atoms with van der Waals surface area (Å²) in [6.45, 7) is 0.872. The molecule has 0 bridgehead atoms.